The monoisotopic (exact) mass is 366 g/mol. The Balaban J connectivity index is 2.32. The Morgan fingerprint density at radius 1 is 1.16 bits per heavy atom. The molecule has 0 aliphatic carbocycles. The van der Waals surface area contributed by atoms with Gasteiger partial charge in [-0.15, -0.1) is 0 Å². The molecule has 0 aliphatic rings. The van der Waals surface area contributed by atoms with Crippen molar-refractivity contribution < 1.29 is 0 Å². The van der Waals surface area contributed by atoms with E-state index in [1.54, 1.807) is 0 Å². The minimum absolute atomic E-state index is 0.226. The maximum Gasteiger partial charge on any atom is 0.0592 e. The van der Waals surface area contributed by atoms with Crippen LogP contribution in [0.3, 0.4) is 0 Å². The van der Waals surface area contributed by atoms with Crippen LogP contribution in [0.4, 0.5) is 0 Å². The van der Waals surface area contributed by atoms with Gasteiger partial charge in [0, 0.05) is 16.0 Å². The van der Waals surface area contributed by atoms with Gasteiger partial charge in [0.05, 0.1) is 6.04 Å². The number of nitrogens with zero attached hydrogens (tertiary/aromatic N) is 1. The van der Waals surface area contributed by atoms with Gasteiger partial charge in [-0.3, -0.25) is 4.98 Å². The molecule has 1 aromatic carbocycles. The van der Waals surface area contributed by atoms with Crippen LogP contribution in [0.2, 0.25) is 0 Å². The molecule has 1 unspecified atom stereocenters. The van der Waals surface area contributed by atoms with Gasteiger partial charge in [0.25, 0.3) is 0 Å². The average molecular weight is 366 g/mol. The summed E-state index contributed by atoms with van der Waals surface area (Å²) in [6.07, 6.45) is 4.98. The summed E-state index contributed by atoms with van der Waals surface area (Å²) >= 11 is 2.34. The second kappa shape index (κ2) is 7.01. The van der Waals surface area contributed by atoms with E-state index in [-0.39, 0.29) is 6.04 Å². The number of nitrogens with one attached hydrogen (secondary N) is 1. The highest BCUT2D eigenvalue weighted by atomic mass is 127. The predicted molar refractivity (Wildman–Crippen MR) is 88.3 cm³/mol. The molecule has 1 N–H and O–H groups in total. The third-order valence-corrected chi connectivity index (χ3v) is 3.75. The van der Waals surface area contributed by atoms with Crippen molar-refractivity contribution >= 4 is 22.6 Å². The zero-order chi connectivity index (χ0) is 13.7. The van der Waals surface area contributed by atoms with Crippen molar-refractivity contribution in [2.45, 2.75) is 26.3 Å². The van der Waals surface area contributed by atoms with Crippen LogP contribution in [0, 0.1) is 10.5 Å². The van der Waals surface area contributed by atoms with Crippen LogP contribution in [0.15, 0.2) is 42.7 Å². The van der Waals surface area contributed by atoms with E-state index in [0.717, 1.165) is 13.0 Å². The Hall–Kier alpha value is -0.940. The molecule has 100 valence electrons. The molecule has 0 fully saturated rings. The zero-order valence-electron chi connectivity index (χ0n) is 11.4. The summed E-state index contributed by atoms with van der Waals surface area (Å²) in [6.45, 7) is 5.28. The van der Waals surface area contributed by atoms with E-state index >= 15 is 0 Å². The number of aryl methyl sites for hydroxylation is 1. The van der Waals surface area contributed by atoms with Crippen LogP contribution < -0.4 is 5.32 Å². The molecule has 1 aromatic heterocycles. The molecule has 2 aromatic rings. The standard InChI is InChI=1S/C16H19IN2/c1-3-8-19-16(13-4-6-15(17)7-5-13)14-9-12(2)10-18-11-14/h4-7,9-11,16,19H,3,8H2,1-2H3. The minimum atomic E-state index is 0.226. The maximum absolute atomic E-state index is 4.31. The fourth-order valence-corrected chi connectivity index (χ4v) is 2.47. The lowest BCUT2D eigenvalue weighted by atomic mass is 9.99. The van der Waals surface area contributed by atoms with E-state index in [0.29, 0.717) is 0 Å². The average Bonchev–Trinajstić information content (AvgIpc) is 2.41. The summed E-state index contributed by atoms with van der Waals surface area (Å²) in [6, 6.07) is 11.1. The second-order valence-corrected chi connectivity index (χ2v) is 5.98. The Kier molecular flexibility index (Phi) is 5.34. The summed E-state index contributed by atoms with van der Waals surface area (Å²) in [4.78, 5) is 4.31. The molecule has 2 nitrogen and oxygen atoms in total. The van der Waals surface area contributed by atoms with E-state index < -0.39 is 0 Å². The molecular formula is C16H19IN2. The van der Waals surface area contributed by atoms with Crippen LogP contribution in [0.25, 0.3) is 0 Å². The van der Waals surface area contributed by atoms with Crippen LogP contribution in [-0.4, -0.2) is 11.5 Å². The number of benzene rings is 1. The highest BCUT2D eigenvalue weighted by molar-refractivity contribution is 14.1. The fraction of sp³-hybridized carbons (Fsp3) is 0.312. The number of hydrogen-bond acceptors (Lipinski definition) is 2. The van der Waals surface area contributed by atoms with Gasteiger partial charge in [-0.2, -0.15) is 0 Å². The first-order valence-electron chi connectivity index (χ1n) is 6.61. The van der Waals surface area contributed by atoms with Crippen molar-refractivity contribution in [2.24, 2.45) is 0 Å². The van der Waals surface area contributed by atoms with Crippen molar-refractivity contribution in [1.82, 2.24) is 10.3 Å². The number of halogens is 1. The third kappa shape index (κ3) is 4.01. The molecule has 3 heteroatoms. The predicted octanol–water partition coefficient (Wildman–Crippen LogP) is 4.08. The summed E-state index contributed by atoms with van der Waals surface area (Å²) < 4.78 is 1.26. The van der Waals surface area contributed by atoms with Crippen LogP contribution in [0.1, 0.15) is 36.1 Å². The number of hydrogen-bond donors (Lipinski definition) is 1. The zero-order valence-corrected chi connectivity index (χ0v) is 13.5. The van der Waals surface area contributed by atoms with Crippen LogP contribution in [0.5, 0.6) is 0 Å². The van der Waals surface area contributed by atoms with E-state index in [4.69, 9.17) is 0 Å². The quantitative estimate of drug-likeness (QED) is 0.807. The van der Waals surface area contributed by atoms with Gasteiger partial charge in [-0.05, 0) is 71.3 Å². The highest BCUT2D eigenvalue weighted by Crippen LogP contribution is 2.23. The topological polar surface area (TPSA) is 24.9 Å². The molecule has 0 saturated carbocycles. The van der Waals surface area contributed by atoms with Crippen molar-refractivity contribution in [3.05, 3.63) is 63.0 Å². The molecule has 0 bridgehead atoms. The lowest BCUT2D eigenvalue weighted by Crippen LogP contribution is -2.23. The van der Waals surface area contributed by atoms with Crippen molar-refractivity contribution in [1.29, 1.82) is 0 Å². The summed E-state index contributed by atoms with van der Waals surface area (Å²) in [5, 5.41) is 3.61. The number of aromatic nitrogens is 1. The molecule has 19 heavy (non-hydrogen) atoms. The first-order valence-corrected chi connectivity index (χ1v) is 7.69. The van der Waals surface area contributed by atoms with Gasteiger partial charge in [-0.25, -0.2) is 0 Å². The summed E-state index contributed by atoms with van der Waals surface area (Å²) in [5.41, 5.74) is 3.72. The lowest BCUT2D eigenvalue weighted by molar-refractivity contribution is 0.596. The molecule has 0 radical (unpaired) electrons. The van der Waals surface area contributed by atoms with E-state index in [1.807, 2.05) is 12.4 Å². The Morgan fingerprint density at radius 3 is 2.53 bits per heavy atom. The molecule has 0 saturated heterocycles. The normalized spacial score (nSPS) is 12.4. The van der Waals surface area contributed by atoms with Gasteiger partial charge in [-0.1, -0.05) is 25.1 Å². The number of pyridine rings is 1. The number of rotatable bonds is 5. The Labute approximate surface area is 128 Å². The van der Waals surface area contributed by atoms with Crippen molar-refractivity contribution in [3.8, 4) is 0 Å². The van der Waals surface area contributed by atoms with Crippen LogP contribution in [-0.2, 0) is 0 Å². The van der Waals surface area contributed by atoms with Gasteiger partial charge in [0.2, 0.25) is 0 Å². The highest BCUT2D eigenvalue weighted by Gasteiger charge is 2.13. The molecule has 2 rings (SSSR count). The van der Waals surface area contributed by atoms with E-state index in [9.17, 15) is 0 Å². The molecule has 0 spiro atoms. The van der Waals surface area contributed by atoms with Crippen LogP contribution >= 0.6 is 22.6 Å². The van der Waals surface area contributed by atoms with E-state index in [2.05, 4.69) is 77.1 Å². The Bertz CT molecular complexity index is 523. The summed E-state index contributed by atoms with van der Waals surface area (Å²) in [7, 11) is 0. The molecule has 1 heterocycles. The van der Waals surface area contributed by atoms with Gasteiger partial charge >= 0.3 is 0 Å². The molecule has 0 aliphatic heterocycles. The van der Waals surface area contributed by atoms with Gasteiger partial charge in [0.1, 0.15) is 0 Å². The molecule has 0 amide bonds. The summed E-state index contributed by atoms with van der Waals surface area (Å²) in [5.74, 6) is 0. The Morgan fingerprint density at radius 2 is 1.89 bits per heavy atom. The fourth-order valence-electron chi connectivity index (χ4n) is 2.11. The largest absolute Gasteiger partial charge is 0.306 e. The van der Waals surface area contributed by atoms with Gasteiger partial charge in [0.15, 0.2) is 0 Å². The molecule has 1 atom stereocenters. The smallest absolute Gasteiger partial charge is 0.0592 e. The molecular weight excluding hydrogens is 347 g/mol. The van der Waals surface area contributed by atoms with E-state index in [1.165, 1.54) is 20.3 Å². The minimum Gasteiger partial charge on any atom is -0.306 e. The first-order chi connectivity index (χ1) is 9.20. The SMILES string of the molecule is CCCNC(c1ccc(I)cc1)c1cncc(C)c1. The lowest BCUT2D eigenvalue weighted by Gasteiger charge is -2.19. The van der Waals surface area contributed by atoms with Gasteiger partial charge < -0.3 is 5.32 Å². The maximum atomic E-state index is 4.31. The second-order valence-electron chi connectivity index (χ2n) is 4.73. The van der Waals surface area contributed by atoms with Crippen molar-refractivity contribution in [2.75, 3.05) is 6.54 Å². The first kappa shape index (κ1) is 14.5. The third-order valence-electron chi connectivity index (χ3n) is 3.03. The van der Waals surface area contributed by atoms with Crippen molar-refractivity contribution in [3.63, 3.8) is 0 Å².